The van der Waals surface area contributed by atoms with Crippen LogP contribution in [0.5, 0.6) is 0 Å². The second-order valence-electron chi connectivity index (χ2n) is 6.65. The third-order valence-electron chi connectivity index (χ3n) is 4.58. The number of carbonyl (C=O) groups excluding carboxylic acids is 2. The molecular weight excluding hydrogens is 334 g/mol. The minimum absolute atomic E-state index is 0.0609. The van der Waals surface area contributed by atoms with Crippen LogP contribution in [0.15, 0.2) is 30.3 Å². The average molecular weight is 364 g/mol. The van der Waals surface area contributed by atoms with E-state index in [9.17, 15) is 9.59 Å². The molecule has 3 unspecified atom stereocenters. The predicted octanol–water partition coefficient (Wildman–Crippen LogP) is 1.58. The van der Waals surface area contributed by atoms with Gasteiger partial charge in [0.15, 0.2) is 0 Å². The van der Waals surface area contributed by atoms with Crippen molar-refractivity contribution >= 4 is 23.6 Å². The first-order valence-corrected chi connectivity index (χ1v) is 10.3. The van der Waals surface area contributed by atoms with Crippen molar-refractivity contribution < 1.29 is 9.59 Å². The summed E-state index contributed by atoms with van der Waals surface area (Å²) < 4.78 is 0. The number of nitrogens with one attached hydrogen (secondary N) is 3. The minimum atomic E-state index is -0.467. The van der Waals surface area contributed by atoms with Crippen molar-refractivity contribution in [2.45, 2.75) is 38.3 Å². The van der Waals surface area contributed by atoms with Crippen molar-refractivity contribution in [1.82, 2.24) is 16.0 Å². The molecule has 1 heterocycles. The second-order valence-corrected chi connectivity index (χ2v) is 7.63. The smallest absolute Gasteiger partial charge is 0.242 e. The Morgan fingerprint density at radius 3 is 2.76 bits per heavy atom. The first-order valence-electron chi connectivity index (χ1n) is 8.93. The van der Waals surface area contributed by atoms with Gasteiger partial charge in [0.05, 0.1) is 6.42 Å². The van der Waals surface area contributed by atoms with E-state index in [-0.39, 0.29) is 17.9 Å². The van der Waals surface area contributed by atoms with E-state index in [0.29, 0.717) is 18.8 Å². The standard InChI is InChI=1S/C19H29N3O2S/c1-14-13-20-10-8-16(14)22-19(24)17(9-11-25-2)21-18(23)12-15-6-4-3-5-7-15/h3-7,14,16-17,20H,8-13H2,1-2H3,(H,21,23)(H,22,24). The maximum Gasteiger partial charge on any atom is 0.242 e. The summed E-state index contributed by atoms with van der Waals surface area (Å²) in [6.45, 7) is 3.98. The van der Waals surface area contributed by atoms with Gasteiger partial charge in [-0.15, -0.1) is 0 Å². The molecule has 1 saturated heterocycles. The van der Waals surface area contributed by atoms with Gasteiger partial charge in [0.25, 0.3) is 0 Å². The quantitative estimate of drug-likeness (QED) is 0.656. The molecule has 1 aromatic carbocycles. The molecule has 0 aromatic heterocycles. The number of rotatable bonds is 8. The summed E-state index contributed by atoms with van der Waals surface area (Å²) in [5.41, 5.74) is 0.955. The van der Waals surface area contributed by atoms with Crippen LogP contribution >= 0.6 is 11.8 Å². The third-order valence-corrected chi connectivity index (χ3v) is 5.23. The fourth-order valence-corrected chi connectivity index (χ4v) is 3.51. The molecule has 0 spiro atoms. The van der Waals surface area contributed by atoms with E-state index in [4.69, 9.17) is 0 Å². The van der Waals surface area contributed by atoms with Gasteiger partial charge in [-0.25, -0.2) is 0 Å². The van der Waals surface area contributed by atoms with Crippen molar-refractivity contribution in [3.8, 4) is 0 Å². The lowest BCUT2D eigenvalue weighted by Gasteiger charge is -2.31. The highest BCUT2D eigenvalue weighted by Gasteiger charge is 2.27. The van der Waals surface area contributed by atoms with E-state index in [1.807, 2.05) is 36.6 Å². The summed E-state index contributed by atoms with van der Waals surface area (Å²) in [5.74, 6) is 1.07. The zero-order valence-electron chi connectivity index (χ0n) is 15.1. The summed E-state index contributed by atoms with van der Waals surface area (Å²) in [4.78, 5) is 25.0. The van der Waals surface area contributed by atoms with Crippen molar-refractivity contribution in [2.75, 3.05) is 25.1 Å². The molecule has 138 valence electrons. The Labute approximate surface area is 154 Å². The number of hydrogen-bond donors (Lipinski definition) is 3. The van der Waals surface area contributed by atoms with Crippen molar-refractivity contribution in [3.63, 3.8) is 0 Å². The molecule has 5 nitrogen and oxygen atoms in total. The van der Waals surface area contributed by atoms with E-state index in [2.05, 4.69) is 22.9 Å². The lowest BCUT2D eigenvalue weighted by molar-refractivity contribution is -0.129. The van der Waals surface area contributed by atoms with Gasteiger partial charge >= 0.3 is 0 Å². The van der Waals surface area contributed by atoms with E-state index in [1.165, 1.54) is 0 Å². The molecule has 2 rings (SSSR count). The molecule has 6 heteroatoms. The molecule has 0 bridgehead atoms. The number of thioether (sulfide) groups is 1. The third kappa shape index (κ3) is 6.71. The van der Waals surface area contributed by atoms with Crippen LogP contribution < -0.4 is 16.0 Å². The molecule has 1 fully saturated rings. The molecule has 25 heavy (non-hydrogen) atoms. The fourth-order valence-electron chi connectivity index (χ4n) is 3.04. The van der Waals surface area contributed by atoms with E-state index in [0.717, 1.165) is 30.8 Å². The molecule has 2 amide bonds. The number of hydrogen-bond acceptors (Lipinski definition) is 4. The molecule has 3 N–H and O–H groups in total. The summed E-state index contributed by atoms with van der Waals surface area (Å²) >= 11 is 1.68. The summed E-state index contributed by atoms with van der Waals surface area (Å²) in [6, 6.07) is 9.32. The zero-order valence-corrected chi connectivity index (χ0v) is 15.9. The largest absolute Gasteiger partial charge is 0.351 e. The maximum absolute atomic E-state index is 12.7. The zero-order chi connectivity index (χ0) is 18.1. The van der Waals surface area contributed by atoms with Gasteiger partial charge in [-0.2, -0.15) is 11.8 Å². The van der Waals surface area contributed by atoms with Crippen LogP contribution in [0.3, 0.4) is 0 Å². The molecule has 0 aliphatic carbocycles. The van der Waals surface area contributed by atoms with E-state index >= 15 is 0 Å². The molecule has 0 saturated carbocycles. The molecule has 0 radical (unpaired) electrons. The van der Waals surface area contributed by atoms with Crippen LogP contribution in [0.4, 0.5) is 0 Å². The first kappa shape index (κ1) is 19.8. The fraction of sp³-hybridized carbons (Fsp3) is 0.579. The number of amides is 2. The maximum atomic E-state index is 12.7. The Morgan fingerprint density at radius 1 is 1.32 bits per heavy atom. The highest BCUT2D eigenvalue weighted by Crippen LogP contribution is 2.11. The molecule has 3 atom stereocenters. The van der Waals surface area contributed by atoms with E-state index in [1.54, 1.807) is 11.8 Å². The van der Waals surface area contributed by atoms with Crippen molar-refractivity contribution in [3.05, 3.63) is 35.9 Å². The van der Waals surface area contributed by atoms with Gasteiger partial charge in [0.1, 0.15) is 6.04 Å². The lowest BCUT2D eigenvalue weighted by atomic mass is 9.95. The molecule has 1 aliphatic heterocycles. The minimum Gasteiger partial charge on any atom is -0.351 e. The van der Waals surface area contributed by atoms with Gasteiger partial charge in [0.2, 0.25) is 11.8 Å². The van der Waals surface area contributed by atoms with E-state index < -0.39 is 6.04 Å². The molecule has 1 aliphatic rings. The highest BCUT2D eigenvalue weighted by molar-refractivity contribution is 7.98. The van der Waals surface area contributed by atoms with Crippen molar-refractivity contribution in [1.29, 1.82) is 0 Å². The molecular formula is C19H29N3O2S. The summed E-state index contributed by atoms with van der Waals surface area (Å²) in [6.07, 6.45) is 3.89. The summed E-state index contributed by atoms with van der Waals surface area (Å²) in [5, 5.41) is 9.40. The average Bonchev–Trinajstić information content (AvgIpc) is 2.61. The van der Waals surface area contributed by atoms with Gasteiger partial charge in [-0.3, -0.25) is 9.59 Å². The van der Waals surface area contributed by atoms with Gasteiger partial charge < -0.3 is 16.0 Å². The second kappa shape index (κ2) is 10.5. The van der Waals surface area contributed by atoms with Crippen molar-refractivity contribution in [2.24, 2.45) is 5.92 Å². The van der Waals surface area contributed by atoms with Gasteiger partial charge in [-0.1, -0.05) is 37.3 Å². The molecule has 1 aromatic rings. The Morgan fingerprint density at radius 2 is 2.08 bits per heavy atom. The SMILES string of the molecule is CSCCC(NC(=O)Cc1ccccc1)C(=O)NC1CCNCC1C. The monoisotopic (exact) mass is 363 g/mol. The normalized spacial score (nSPS) is 21.4. The Bertz CT molecular complexity index is 553. The topological polar surface area (TPSA) is 70.2 Å². The van der Waals surface area contributed by atoms with Gasteiger partial charge in [0, 0.05) is 6.04 Å². The Kier molecular flexibility index (Phi) is 8.28. The van der Waals surface area contributed by atoms with Gasteiger partial charge in [-0.05, 0) is 49.4 Å². The van der Waals surface area contributed by atoms with Crippen LogP contribution in [-0.2, 0) is 16.0 Å². The lowest BCUT2D eigenvalue weighted by Crippen LogP contribution is -2.54. The predicted molar refractivity (Wildman–Crippen MR) is 104 cm³/mol. The van der Waals surface area contributed by atoms with Crippen LogP contribution in [0.1, 0.15) is 25.3 Å². The van der Waals surface area contributed by atoms with Crippen LogP contribution in [0, 0.1) is 5.92 Å². The Balaban J connectivity index is 1.92. The number of benzene rings is 1. The highest BCUT2D eigenvalue weighted by atomic mass is 32.2. The summed E-state index contributed by atoms with van der Waals surface area (Å²) in [7, 11) is 0. The van der Waals surface area contributed by atoms with Crippen LogP contribution in [0.25, 0.3) is 0 Å². The number of carbonyl (C=O) groups is 2. The van der Waals surface area contributed by atoms with Crippen LogP contribution in [0.2, 0.25) is 0 Å². The van der Waals surface area contributed by atoms with Crippen LogP contribution in [-0.4, -0.2) is 49.0 Å². The number of piperidine rings is 1. The first-order chi connectivity index (χ1) is 12.1. The Hall–Kier alpha value is -1.53.